The highest BCUT2D eigenvalue weighted by Gasteiger charge is 2.17. The molecule has 0 unspecified atom stereocenters. The molecule has 3 heterocycles. The van der Waals surface area contributed by atoms with E-state index in [2.05, 4.69) is 89.3 Å². The second-order valence-electron chi connectivity index (χ2n) is 9.25. The molecule has 8 heteroatoms. The molecule has 2 aromatic heterocycles. The van der Waals surface area contributed by atoms with Gasteiger partial charge in [-0.15, -0.1) is 0 Å². The molecule has 6 rings (SSSR count). The van der Waals surface area contributed by atoms with Crippen molar-refractivity contribution in [1.82, 2.24) is 19.9 Å². The third kappa shape index (κ3) is 5.45. The predicted octanol–water partition coefficient (Wildman–Crippen LogP) is 5.41. The fraction of sp³-hybridized carbons (Fsp3) is 0.129. The number of nitrogens with zero attached hydrogens (tertiary/aromatic N) is 7. The van der Waals surface area contributed by atoms with Crippen molar-refractivity contribution in [3.05, 3.63) is 109 Å². The number of nitrogen functional groups attached to an aromatic ring is 1. The lowest BCUT2D eigenvalue weighted by molar-refractivity contribution is 0.799. The van der Waals surface area contributed by atoms with Gasteiger partial charge in [-0.1, -0.05) is 66.7 Å². The van der Waals surface area contributed by atoms with Crippen molar-refractivity contribution in [1.29, 1.82) is 0 Å². The Balaban J connectivity index is 1.36. The lowest BCUT2D eigenvalue weighted by Gasteiger charge is -2.27. The first-order valence-electron chi connectivity index (χ1n) is 12.9. The Hall–Kier alpha value is -5.11. The zero-order chi connectivity index (χ0) is 26.4. The number of rotatable bonds is 7. The summed E-state index contributed by atoms with van der Waals surface area (Å²) in [5.41, 5.74) is 12.4. The minimum atomic E-state index is 0.241. The van der Waals surface area contributed by atoms with Gasteiger partial charge in [-0.25, -0.2) is 15.0 Å². The van der Waals surface area contributed by atoms with E-state index in [1.165, 1.54) is 0 Å². The number of nitrogens with two attached hydrogens (primary N) is 1. The monoisotopic (exact) mass is 512 g/mol. The average Bonchev–Trinajstić information content (AvgIpc) is 3.01. The van der Waals surface area contributed by atoms with Gasteiger partial charge in [0.25, 0.3) is 0 Å². The molecule has 39 heavy (non-hydrogen) atoms. The number of aromatic nitrogens is 4. The van der Waals surface area contributed by atoms with Crippen molar-refractivity contribution in [2.24, 2.45) is 4.99 Å². The van der Waals surface area contributed by atoms with Gasteiger partial charge >= 0.3 is 0 Å². The van der Waals surface area contributed by atoms with E-state index in [0.717, 1.165) is 64.9 Å². The summed E-state index contributed by atoms with van der Waals surface area (Å²) in [5, 5.41) is 0. The van der Waals surface area contributed by atoms with Crippen LogP contribution in [0.3, 0.4) is 0 Å². The van der Waals surface area contributed by atoms with E-state index < -0.39 is 0 Å². The lowest BCUT2D eigenvalue weighted by atomic mass is 9.98. The Kier molecular flexibility index (Phi) is 6.90. The van der Waals surface area contributed by atoms with Crippen LogP contribution in [0.5, 0.6) is 0 Å². The summed E-state index contributed by atoms with van der Waals surface area (Å²) < 4.78 is 0. The van der Waals surface area contributed by atoms with E-state index in [1.807, 2.05) is 48.9 Å². The topological polar surface area (TPSA) is 96.4 Å². The first-order chi connectivity index (χ1) is 19.2. The molecule has 0 saturated carbocycles. The van der Waals surface area contributed by atoms with Crippen LogP contribution in [0.1, 0.15) is 5.56 Å². The molecule has 0 atom stereocenters. The maximum atomic E-state index is 5.99. The van der Waals surface area contributed by atoms with Crippen LogP contribution in [-0.2, 0) is 6.54 Å². The molecule has 192 valence electrons. The van der Waals surface area contributed by atoms with Gasteiger partial charge < -0.3 is 15.5 Å². The second-order valence-corrected chi connectivity index (χ2v) is 9.25. The van der Waals surface area contributed by atoms with Crippen molar-refractivity contribution in [2.45, 2.75) is 6.54 Å². The van der Waals surface area contributed by atoms with Crippen molar-refractivity contribution in [3.63, 3.8) is 0 Å². The zero-order valence-electron chi connectivity index (χ0n) is 21.4. The first kappa shape index (κ1) is 24.2. The van der Waals surface area contributed by atoms with E-state index in [1.54, 1.807) is 6.20 Å². The molecule has 0 amide bonds. The number of hydrogen-bond acceptors (Lipinski definition) is 8. The fourth-order valence-electron chi connectivity index (χ4n) is 4.72. The van der Waals surface area contributed by atoms with Gasteiger partial charge in [0.15, 0.2) is 0 Å². The highest BCUT2D eigenvalue weighted by molar-refractivity contribution is 5.84. The Morgan fingerprint density at radius 3 is 2.38 bits per heavy atom. The van der Waals surface area contributed by atoms with Crippen molar-refractivity contribution < 1.29 is 0 Å². The Morgan fingerprint density at radius 1 is 0.795 bits per heavy atom. The largest absolute Gasteiger partial charge is 0.368 e. The maximum Gasteiger partial charge on any atom is 0.225 e. The van der Waals surface area contributed by atoms with Gasteiger partial charge in [-0.2, -0.15) is 4.98 Å². The highest BCUT2D eigenvalue weighted by atomic mass is 15.3. The number of aliphatic imine (C=N–C) groups is 1. The summed E-state index contributed by atoms with van der Waals surface area (Å²) in [6.07, 6.45) is 7.40. The van der Waals surface area contributed by atoms with Gasteiger partial charge in [-0.3, -0.25) is 4.99 Å². The molecule has 5 aromatic rings. The Morgan fingerprint density at radius 2 is 1.59 bits per heavy atom. The van der Waals surface area contributed by atoms with Gasteiger partial charge in [0.1, 0.15) is 5.82 Å². The van der Waals surface area contributed by atoms with Crippen LogP contribution in [0, 0.1) is 0 Å². The minimum absolute atomic E-state index is 0.241. The van der Waals surface area contributed by atoms with E-state index >= 15 is 0 Å². The second kappa shape index (κ2) is 11.1. The van der Waals surface area contributed by atoms with Crippen LogP contribution >= 0.6 is 0 Å². The summed E-state index contributed by atoms with van der Waals surface area (Å²) in [5.74, 6) is 1.71. The number of para-hydroxylation sites is 1. The zero-order valence-corrected chi connectivity index (χ0v) is 21.4. The summed E-state index contributed by atoms with van der Waals surface area (Å²) in [6.45, 7) is 2.97. The van der Waals surface area contributed by atoms with Crippen molar-refractivity contribution in [3.8, 4) is 22.3 Å². The molecule has 0 saturated heterocycles. The normalized spacial score (nSPS) is 12.9. The summed E-state index contributed by atoms with van der Waals surface area (Å²) in [6, 6.07) is 29.0. The summed E-state index contributed by atoms with van der Waals surface area (Å²) in [7, 11) is 0. The molecule has 2 N–H and O–H groups in total. The number of hydrogen-bond donors (Lipinski definition) is 1. The summed E-state index contributed by atoms with van der Waals surface area (Å²) in [4.78, 5) is 26.5. The third-order valence-corrected chi connectivity index (χ3v) is 6.67. The van der Waals surface area contributed by atoms with E-state index in [4.69, 9.17) is 5.73 Å². The van der Waals surface area contributed by atoms with Crippen LogP contribution in [0.4, 0.5) is 23.4 Å². The SMILES string of the molecule is Nc1nccc(N(Cc2ccccc2)c2ccccc2-c2cccc(-c3cnc(N4CC=NCC4)nc3)c2)n1. The maximum absolute atomic E-state index is 5.99. The molecule has 3 aromatic carbocycles. The minimum Gasteiger partial charge on any atom is -0.368 e. The van der Waals surface area contributed by atoms with Gasteiger partial charge in [-0.05, 0) is 34.9 Å². The van der Waals surface area contributed by atoms with Crippen molar-refractivity contribution >= 4 is 29.6 Å². The smallest absolute Gasteiger partial charge is 0.225 e. The first-order valence-corrected chi connectivity index (χ1v) is 12.9. The van der Waals surface area contributed by atoms with Gasteiger partial charge in [0.2, 0.25) is 11.9 Å². The molecular weight excluding hydrogens is 484 g/mol. The number of benzene rings is 3. The molecule has 1 aliphatic rings. The predicted molar refractivity (Wildman–Crippen MR) is 157 cm³/mol. The molecule has 0 radical (unpaired) electrons. The fourth-order valence-corrected chi connectivity index (χ4v) is 4.72. The molecule has 0 aliphatic carbocycles. The van der Waals surface area contributed by atoms with E-state index in [9.17, 15) is 0 Å². The van der Waals surface area contributed by atoms with E-state index in [0.29, 0.717) is 6.54 Å². The van der Waals surface area contributed by atoms with Crippen LogP contribution in [0.2, 0.25) is 0 Å². The summed E-state index contributed by atoms with van der Waals surface area (Å²) >= 11 is 0. The molecule has 8 nitrogen and oxygen atoms in total. The van der Waals surface area contributed by atoms with Crippen LogP contribution in [0.25, 0.3) is 22.3 Å². The molecule has 0 fully saturated rings. The molecule has 0 bridgehead atoms. The quantitative estimate of drug-likeness (QED) is 0.311. The lowest BCUT2D eigenvalue weighted by Crippen LogP contribution is -2.32. The van der Waals surface area contributed by atoms with E-state index in [-0.39, 0.29) is 5.95 Å². The highest BCUT2D eigenvalue weighted by Crippen LogP contribution is 2.37. The van der Waals surface area contributed by atoms with Gasteiger partial charge in [0, 0.05) is 49.0 Å². The standard InChI is InChI=1S/C31H28N8/c32-30-34-14-13-29(37-30)39(22-23-7-2-1-3-8-23)28-12-5-4-11-27(28)25-10-6-9-24(19-25)26-20-35-31(36-21-26)38-17-15-33-16-18-38/h1-15,19-21H,16-18,22H2,(H2,32,34,37). The molecule has 1 aliphatic heterocycles. The molecular formula is C31H28N8. The van der Waals surface area contributed by atoms with Crippen LogP contribution < -0.4 is 15.5 Å². The Labute approximate surface area is 227 Å². The average molecular weight is 513 g/mol. The third-order valence-electron chi connectivity index (χ3n) is 6.67. The van der Waals surface area contributed by atoms with Crippen LogP contribution in [-0.4, -0.2) is 45.8 Å². The van der Waals surface area contributed by atoms with Gasteiger partial charge in [0.05, 0.1) is 18.8 Å². The molecule has 0 spiro atoms. The Bertz CT molecular complexity index is 1580. The number of anilines is 4. The van der Waals surface area contributed by atoms with Crippen molar-refractivity contribution in [2.75, 3.05) is 35.2 Å². The van der Waals surface area contributed by atoms with Crippen LogP contribution in [0.15, 0.2) is 109 Å².